The molecule has 1 amide bonds. The van der Waals surface area contributed by atoms with E-state index < -0.39 is 5.91 Å². The maximum absolute atomic E-state index is 11.8. The number of hydrogen-bond donors (Lipinski definition) is 4. The van der Waals surface area contributed by atoms with E-state index in [0.29, 0.717) is 18.2 Å². The van der Waals surface area contributed by atoms with Crippen LogP contribution in [0, 0.1) is 0 Å². The highest BCUT2D eigenvalue weighted by atomic mass is 16.1. The Morgan fingerprint density at radius 1 is 1.17 bits per heavy atom. The zero-order chi connectivity index (χ0) is 16.1. The molecule has 7 heteroatoms. The molecular weight excluding hydrogens is 292 g/mol. The first-order chi connectivity index (χ1) is 11.2. The molecular formula is C16H16N6O. The van der Waals surface area contributed by atoms with Crippen LogP contribution in [0.4, 0.5) is 17.3 Å². The Morgan fingerprint density at radius 3 is 2.70 bits per heavy atom. The van der Waals surface area contributed by atoms with Crippen LogP contribution in [0.5, 0.6) is 0 Å². The monoisotopic (exact) mass is 308 g/mol. The van der Waals surface area contributed by atoms with Crippen LogP contribution in [0.25, 0.3) is 0 Å². The molecule has 0 bridgehead atoms. The van der Waals surface area contributed by atoms with E-state index in [-0.39, 0.29) is 5.56 Å². The van der Waals surface area contributed by atoms with Crippen LogP contribution in [0.1, 0.15) is 15.9 Å². The predicted octanol–water partition coefficient (Wildman–Crippen LogP) is 2.26. The molecule has 0 fully saturated rings. The van der Waals surface area contributed by atoms with Crippen molar-refractivity contribution in [1.82, 2.24) is 15.2 Å². The second-order valence-corrected chi connectivity index (χ2v) is 4.89. The number of nitrogens with one attached hydrogen (secondary N) is 3. The second-order valence-electron chi connectivity index (χ2n) is 4.89. The molecule has 1 aromatic carbocycles. The minimum Gasteiger partial charge on any atom is -0.365 e. The van der Waals surface area contributed by atoms with Gasteiger partial charge in [0.1, 0.15) is 11.4 Å². The fourth-order valence-electron chi connectivity index (χ4n) is 2.16. The number of hydrogen-bond acceptors (Lipinski definition) is 5. The molecule has 0 atom stereocenters. The summed E-state index contributed by atoms with van der Waals surface area (Å²) in [5.74, 6) is 0.273. The Kier molecular flexibility index (Phi) is 4.19. The van der Waals surface area contributed by atoms with Gasteiger partial charge in [0.2, 0.25) is 0 Å². The van der Waals surface area contributed by atoms with Crippen LogP contribution in [0.15, 0.2) is 54.9 Å². The third-order valence-electron chi connectivity index (χ3n) is 3.25. The number of benzene rings is 1. The number of carbonyl (C=O) groups is 1. The Labute approximate surface area is 132 Å². The lowest BCUT2D eigenvalue weighted by molar-refractivity contribution is 0.100. The summed E-state index contributed by atoms with van der Waals surface area (Å²) in [4.78, 5) is 15.8. The lowest BCUT2D eigenvalue weighted by atomic mass is 10.2. The summed E-state index contributed by atoms with van der Waals surface area (Å²) >= 11 is 0. The quantitative estimate of drug-likeness (QED) is 0.558. The number of amides is 1. The number of rotatable bonds is 6. The van der Waals surface area contributed by atoms with Gasteiger partial charge in [-0.3, -0.25) is 14.9 Å². The minimum atomic E-state index is -0.569. The van der Waals surface area contributed by atoms with Gasteiger partial charge < -0.3 is 16.4 Å². The number of primary amides is 1. The molecule has 2 aromatic heterocycles. The van der Waals surface area contributed by atoms with E-state index in [9.17, 15) is 4.79 Å². The maximum atomic E-state index is 11.8. The maximum Gasteiger partial charge on any atom is 0.256 e. The summed E-state index contributed by atoms with van der Waals surface area (Å²) in [6.07, 6.45) is 3.31. The van der Waals surface area contributed by atoms with Crippen molar-refractivity contribution in [2.24, 2.45) is 5.73 Å². The van der Waals surface area contributed by atoms with Gasteiger partial charge in [-0.1, -0.05) is 30.3 Å². The van der Waals surface area contributed by atoms with Crippen molar-refractivity contribution < 1.29 is 4.79 Å². The lowest BCUT2D eigenvalue weighted by Gasteiger charge is -2.07. The van der Waals surface area contributed by atoms with E-state index in [1.807, 2.05) is 36.4 Å². The summed E-state index contributed by atoms with van der Waals surface area (Å²) in [6.45, 7) is 0.540. The molecule has 5 N–H and O–H groups in total. The highest BCUT2D eigenvalue weighted by Gasteiger charge is 2.18. The Morgan fingerprint density at radius 2 is 2.00 bits per heavy atom. The molecule has 2 heterocycles. The fraction of sp³-hybridized carbons (Fsp3) is 0.0625. The zero-order valence-electron chi connectivity index (χ0n) is 12.3. The molecule has 0 saturated heterocycles. The molecule has 0 spiro atoms. The Hall–Kier alpha value is -3.35. The van der Waals surface area contributed by atoms with Crippen LogP contribution in [-0.2, 0) is 6.54 Å². The van der Waals surface area contributed by atoms with Gasteiger partial charge in [0.25, 0.3) is 5.91 Å². The smallest absolute Gasteiger partial charge is 0.256 e. The number of anilines is 3. The van der Waals surface area contributed by atoms with Gasteiger partial charge in [-0.2, -0.15) is 5.10 Å². The summed E-state index contributed by atoms with van der Waals surface area (Å²) in [6, 6.07) is 13.4. The molecule has 0 aliphatic carbocycles. The first-order valence-corrected chi connectivity index (χ1v) is 7.07. The first-order valence-electron chi connectivity index (χ1n) is 7.07. The van der Waals surface area contributed by atoms with Crippen molar-refractivity contribution in [2.45, 2.75) is 6.54 Å². The molecule has 0 saturated carbocycles. The summed E-state index contributed by atoms with van der Waals surface area (Å²) in [5.41, 5.74) is 7.58. The third-order valence-corrected chi connectivity index (χ3v) is 3.25. The van der Waals surface area contributed by atoms with Gasteiger partial charge in [-0.25, -0.2) is 0 Å². The zero-order valence-corrected chi connectivity index (χ0v) is 12.3. The van der Waals surface area contributed by atoms with Crippen molar-refractivity contribution in [2.75, 3.05) is 10.6 Å². The van der Waals surface area contributed by atoms with Crippen molar-refractivity contribution in [1.29, 1.82) is 0 Å². The average Bonchev–Trinajstić information content (AvgIpc) is 2.98. The summed E-state index contributed by atoms with van der Waals surface area (Å²) in [7, 11) is 0. The third kappa shape index (κ3) is 3.46. The van der Waals surface area contributed by atoms with Crippen LogP contribution >= 0.6 is 0 Å². The molecule has 3 aromatic rings. The first kappa shape index (κ1) is 14.6. The molecule has 0 aliphatic rings. The van der Waals surface area contributed by atoms with Crippen LogP contribution < -0.4 is 16.4 Å². The summed E-state index contributed by atoms with van der Waals surface area (Å²) in [5, 5.41) is 13.1. The van der Waals surface area contributed by atoms with E-state index in [1.54, 1.807) is 18.5 Å². The number of aromatic amines is 1. The van der Waals surface area contributed by atoms with Crippen molar-refractivity contribution in [3.8, 4) is 0 Å². The number of H-pyrrole nitrogens is 1. The molecule has 0 aliphatic heterocycles. The van der Waals surface area contributed by atoms with Gasteiger partial charge in [-0.15, -0.1) is 0 Å². The fourth-order valence-corrected chi connectivity index (χ4v) is 2.16. The van der Waals surface area contributed by atoms with Gasteiger partial charge in [-0.05, 0) is 17.7 Å². The molecule has 23 heavy (non-hydrogen) atoms. The highest BCUT2D eigenvalue weighted by molar-refractivity contribution is 6.03. The van der Waals surface area contributed by atoms with E-state index in [4.69, 9.17) is 5.73 Å². The van der Waals surface area contributed by atoms with E-state index in [2.05, 4.69) is 25.8 Å². The standard InChI is InChI=1S/C16H16N6O/c17-14(23)13-15(19-9-11-5-2-1-3-6-11)21-22-16(13)20-12-7-4-8-18-10-12/h1-8,10H,9H2,(H2,17,23)(H3,19,20,21,22). The van der Waals surface area contributed by atoms with Gasteiger partial charge in [0.05, 0.1) is 11.9 Å². The van der Waals surface area contributed by atoms with Gasteiger partial charge in [0, 0.05) is 12.7 Å². The molecule has 116 valence electrons. The van der Waals surface area contributed by atoms with Crippen molar-refractivity contribution >= 4 is 23.2 Å². The van der Waals surface area contributed by atoms with E-state index in [1.165, 1.54) is 0 Å². The number of nitrogens with zero attached hydrogens (tertiary/aromatic N) is 2. The normalized spacial score (nSPS) is 10.3. The number of pyridine rings is 1. The van der Waals surface area contributed by atoms with E-state index in [0.717, 1.165) is 11.3 Å². The SMILES string of the molecule is NC(=O)c1c(NCc2ccccc2)n[nH]c1Nc1cccnc1. The highest BCUT2D eigenvalue weighted by Crippen LogP contribution is 2.24. The second kappa shape index (κ2) is 6.61. The van der Waals surface area contributed by atoms with Crippen molar-refractivity contribution in [3.63, 3.8) is 0 Å². The number of nitrogens with two attached hydrogens (primary N) is 1. The molecule has 7 nitrogen and oxygen atoms in total. The largest absolute Gasteiger partial charge is 0.365 e. The minimum absolute atomic E-state index is 0.282. The molecule has 0 unspecified atom stereocenters. The molecule has 0 radical (unpaired) electrons. The van der Waals surface area contributed by atoms with Crippen molar-refractivity contribution in [3.05, 3.63) is 66.0 Å². The Balaban J connectivity index is 1.80. The van der Waals surface area contributed by atoms with Crippen LogP contribution in [0.3, 0.4) is 0 Å². The number of carbonyl (C=O) groups excluding carboxylic acids is 1. The Bertz CT molecular complexity index is 785. The lowest BCUT2D eigenvalue weighted by Crippen LogP contribution is -2.15. The van der Waals surface area contributed by atoms with Crippen LogP contribution in [-0.4, -0.2) is 21.1 Å². The molecule has 3 rings (SSSR count). The van der Waals surface area contributed by atoms with Gasteiger partial charge in [0.15, 0.2) is 5.82 Å². The topological polar surface area (TPSA) is 109 Å². The summed E-state index contributed by atoms with van der Waals surface area (Å²) < 4.78 is 0. The van der Waals surface area contributed by atoms with E-state index >= 15 is 0 Å². The predicted molar refractivity (Wildman–Crippen MR) is 88.4 cm³/mol. The van der Waals surface area contributed by atoms with Gasteiger partial charge >= 0.3 is 0 Å². The number of aromatic nitrogens is 3. The van der Waals surface area contributed by atoms with Crippen LogP contribution in [0.2, 0.25) is 0 Å². The average molecular weight is 308 g/mol.